The van der Waals surface area contributed by atoms with E-state index in [4.69, 9.17) is 9.47 Å². The van der Waals surface area contributed by atoms with Crippen molar-refractivity contribution in [3.63, 3.8) is 0 Å². The predicted octanol–water partition coefficient (Wildman–Crippen LogP) is 6.11. The zero-order chi connectivity index (χ0) is 21.5. The minimum absolute atomic E-state index is 0.187. The summed E-state index contributed by atoms with van der Waals surface area (Å²) in [5.74, 6) is 0.452. The van der Waals surface area contributed by atoms with E-state index in [1.54, 1.807) is 48.5 Å². The van der Waals surface area contributed by atoms with Crippen LogP contribution in [0, 0.1) is 28.5 Å². The third kappa shape index (κ3) is 4.68. The highest BCUT2D eigenvalue weighted by Gasteiger charge is 2.13. The Morgan fingerprint density at radius 1 is 1.07 bits per heavy atom. The molecule has 0 aliphatic rings. The maximum Gasteiger partial charge on any atom is 0.162 e. The third-order valence-electron chi connectivity index (χ3n) is 4.39. The molecule has 0 saturated heterocycles. The van der Waals surface area contributed by atoms with E-state index >= 15 is 0 Å². The molecule has 6 heteroatoms. The van der Waals surface area contributed by atoms with Crippen LogP contribution in [-0.2, 0) is 6.61 Å². The van der Waals surface area contributed by atoms with Gasteiger partial charge in [0.25, 0.3) is 0 Å². The van der Waals surface area contributed by atoms with Crippen LogP contribution in [0.3, 0.4) is 0 Å². The van der Waals surface area contributed by atoms with Crippen molar-refractivity contribution in [1.29, 1.82) is 10.5 Å². The van der Waals surface area contributed by atoms with E-state index < -0.39 is 5.82 Å². The monoisotopic (exact) mass is 462 g/mol. The van der Waals surface area contributed by atoms with Gasteiger partial charge in [-0.3, -0.25) is 0 Å². The first-order valence-corrected chi connectivity index (χ1v) is 9.71. The second kappa shape index (κ2) is 9.73. The molecule has 0 heterocycles. The molecule has 0 aromatic heterocycles. The molecule has 30 heavy (non-hydrogen) atoms. The zero-order valence-electron chi connectivity index (χ0n) is 16.0. The second-order valence-electron chi connectivity index (χ2n) is 6.23. The molecular formula is C24H16BrFN2O2. The van der Waals surface area contributed by atoms with Crippen LogP contribution >= 0.6 is 15.9 Å². The number of nitrogens with zero attached hydrogens (tertiary/aromatic N) is 2. The van der Waals surface area contributed by atoms with Gasteiger partial charge in [0, 0.05) is 15.6 Å². The lowest BCUT2D eigenvalue weighted by molar-refractivity contribution is 0.284. The molecule has 3 aromatic carbocycles. The van der Waals surface area contributed by atoms with Crippen molar-refractivity contribution in [2.45, 2.75) is 6.61 Å². The fourth-order valence-electron chi connectivity index (χ4n) is 2.85. The maximum atomic E-state index is 14.1. The lowest BCUT2D eigenvalue weighted by Gasteiger charge is -2.14. The Morgan fingerprint density at radius 3 is 2.50 bits per heavy atom. The Bertz CT molecular complexity index is 1190. The molecule has 3 aromatic rings. The van der Waals surface area contributed by atoms with E-state index in [2.05, 4.69) is 22.0 Å². The van der Waals surface area contributed by atoms with Gasteiger partial charge in [0.1, 0.15) is 12.4 Å². The number of ether oxygens (including phenoxy) is 2. The fraction of sp³-hybridized carbons (Fsp3) is 0.0833. The van der Waals surface area contributed by atoms with Crippen molar-refractivity contribution in [1.82, 2.24) is 0 Å². The third-order valence-corrected chi connectivity index (χ3v) is 5.08. The van der Waals surface area contributed by atoms with Gasteiger partial charge >= 0.3 is 0 Å². The number of nitriles is 2. The smallest absolute Gasteiger partial charge is 0.162 e. The molecule has 0 radical (unpaired) electrons. The topological polar surface area (TPSA) is 66.0 Å². The molecule has 3 rings (SSSR count). The summed E-state index contributed by atoms with van der Waals surface area (Å²) in [6.45, 7) is 0.195. The lowest BCUT2D eigenvalue weighted by atomic mass is 10.0. The highest BCUT2D eigenvalue weighted by Crippen LogP contribution is 2.36. The Balaban J connectivity index is 1.93. The quantitative estimate of drug-likeness (QED) is 0.327. The second-order valence-corrected chi connectivity index (χ2v) is 7.09. The molecule has 0 N–H and O–H groups in total. The van der Waals surface area contributed by atoms with Gasteiger partial charge in [0.2, 0.25) is 0 Å². The minimum atomic E-state index is -0.468. The maximum absolute atomic E-state index is 14.1. The lowest BCUT2D eigenvalue weighted by Crippen LogP contribution is -2.00. The predicted molar refractivity (Wildman–Crippen MR) is 116 cm³/mol. The molecule has 0 spiro atoms. The van der Waals surface area contributed by atoms with E-state index in [0.717, 1.165) is 5.56 Å². The molecule has 0 saturated carbocycles. The molecule has 0 aliphatic carbocycles. The van der Waals surface area contributed by atoms with Crippen LogP contribution in [0.5, 0.6) is 11.5 Å². The van der Waals surface area contributed by atoms with E-state index in [9.17, 15) is 14.9 Å². The number of halogens is 2. The highest BCUT2D eigenvalue weighted by atomic mass is 79.9. The number of benzene rings is 3. The first-order valence-electron chi connectivity index (χ1n) is 8.92. The standard InChI is InChI=1S/C24H16BrFN2O2/c1-29-23-11-18(10-19(14-28)20-8-4-5-9-22(20)26)21(25)12-24(23)30-15-17-7-3-2-6-16(17)13-27/h2-12H,15H2,1H3. The van der Waals surface area contributed by atoms with Crippen molar-refractivity contribution in [3.8, 4) is 23.6 Å². The first kappa shape index (κ1) is 21.1. The number of methoxy groups -OCH3 is 1. The van der Waals surface area contributed by atoms with Gasteiger partial charge < -0.3 is 9.47 Å². The summed E-state index contributed by atoms with van der Waals surface area (Å²) >= 11 is 3.48. The van der Waals surface area contributed by atoms with Crippen LogP contribution in [-0.4, -0.2) is 7.11 Å². The average Bonchev–Trinajstić information content (AvgIpc) is 2.77. The Kier molecular flexibility index (Phi) is 6.85. The number of allylic oxidation sites excluding steroid dienone is 1. The zero-order valence-corrected chi connectivity index (χ0v) is 17.6. The van der Waals surface area contributed by atoms with Crippen molar-refractivity contribution in [2.24, 2.45) is 0 Å². The van der Waals surface area contributed by atoms with Crippen LogP contribution in [0.25, 0.3) is 11.6 Å². The van der Waals surface area contributed by atoms with Crippen molar-refractivity contribution >= 4 is 27.6 Å². The first-order chi connectivity index (χ1) is 14.6. The van der Waals surface area contributed by atoms with Gasteiger partial charge in [-0.15, -0.1) is 0 Å². The van der Waals surface area contributed by atoms with E-state index in [0.29, 0.717) is 27.1 Å². The SMILES string of the molecule is COc1cc(C=C(C#N)c2ccccc2F)c(Br)cc1OCc1ccccc1C#N. The summed E-state index contributed by atoms with van der Waals surface area (Å²) in [5, 5.41) is 18.7. The Morgan fingerprint density at radius 2 is 1.80 bits per heavy atom. The number of rotatable bonds is 6. The van der Waals surface area contributed by atoms with Crippen molar-refractivity contribution in [3.05, 3.63) is 93.2 Å². The van der Waals surface area contributed by atoms with E-state index in [1.165, 1.54) is 13.2 Å². The van der Waals surface area contributed by atoms with Gasteiger partial charge in [-0.25, -0.2) is 4.39 Å². The summed E-state index contributed by atoms with van der Waals surface area (Å²) in [7, 11) is 1.51. The van der Waals surface area contributed by atoms with Crippen LogP contribution < -0.4 is 9.47 Å². The minimum Gasteiger partial charge on any atom is -0.493 e. The Hall–Kier alpha value is -3.61. The van der Waals surface area contributed by atoms with Gasteiger partial charge in [-0.1, -0.05) is 52.3 Å². The summed E-state index contributed by atoms with van der Waals surface area (Å²) in [6, 6.07) is 20.9. The molecule has 0 fully saturated rings. The molecule has 148 valence electrons. The fourth-order valence-corrected chi connectivity index (χ4v) is 3.29. The largest absolute Gasteiger partial charge is 0.493 e. The van der Waals surface area contributed by atoms with Gasteiger partial charge in [-0.2, -0.15) is 10.5 Å². The van der Waals surface area contributed by atoms with Crippen molar-refractivity contribution < 1.29 is 13.9 Å². The number of hydrogen-bond donors (Lipinski definition) is 0. The van der Waals surface area contributed by atoms with E-state index in [1.807, 2.05) is 18.2 Å². The van der Waals surface area contributed by atoms with Gasteiger partial charge in [-0.05, 0) is 35.9 Å². The van der Waals surface area contributed by atoms with E-state index in [-0.39, 0.29) is 17.7 Å². The average molecular weight is 463 g/mol. The summed E-state index contributed by atoms with van der Waals surface area (Å²) in [5.41, 5.74) is 2.34. The van der Waals surface area contributed by atoms with Gasteiger partial charge in [0.05, 0.1) is 30.4 Å². The summed E-state index contributed by atoms with van der Waals surface area (Å²) in [6.07, 6.45) is 1.58. The molecule has 0 amide bonds. The van der Waals surface area contributed by atoms with Crippen LogP contribution in [0.4, 0.5) is 4.39 Å². The number of hydrogen-bond acceptors (Lipinski definition) is 4. The van der Waals surface area contributed by atoms with Crippen LogP contribution in [0.2, 0.25) is 0 Å². The van der Waals surface area contributed by atoms with Crippen molar-refractivity contribution in [2.75, 3.05) is 7.11 Å². The molecule has 0 bridgehead atoms. The van der Waals surface area contributed by atoms with Crippen LogP contribution in [0.15, 0.2) is 65.1 Å². The molecule has 4 nitrogen and oxygen atoms in total. The molecule has 0 atom stereocenters. The molecule has 0 unspecified atom stereocenters. The molecular weight excluding hydrogens is 447 g/mol. The summed E-state index contributed by atoms with van der Waals surface area (Å²) in [4.78, 5) is 0. The van der Waals surface area contributed by atoms with Crippen LogP contribution in [0.1, 0.15) is 22.3 Å². The summed E-state index contributed by atoms with van der Waals surface area (Å²) < 4.78 is 26.0. The Labute approximate surface area is 182 Å². The van der Waals surface area contributed by atoms with Gasteiger partial charge in [0.15, 0.2) is 11.5 Å². The molecule has 0 aliphatic heterocycles. The normalized spacial score (nSPS) is 10.8. The highest BCUT2D eigenvalue weighted by molar-refractivity contribution is 9.10.